The number of ketones is 1. The zero-order valence-electron chi connectivity index (χ0n) is 12.4. The molecular formula is C19H18FNO. The third-order valence-corrected chi connectivity index (χ3v) is 5.09. The van der Waals surface area contributed by atoms with E-state index in [1.807, 2.05) is 18.2 Å². The largest absolute Gasteiger partial charge is 0.300 e. The van der Waals surface area contributed by atoms with Gasteiger partial charge in [-0.15, -0.1) is 0 Å². The minimum Gasteiger partial charge on any atom is -0.300 e. The molecule has 2 heterocycles. The first-order chi connectivity index (χ1) is 10.7. The van der Waals surface area contributed by atoms with Crippen LogP contribution >= 0.6 is 0 Å². The highest BCUT2D eigenvalue weighted by Crippen LogP contribution is 2.46. The van der Waals surface area contributed by atoms with Gasteiger partial charge < -0.3 is 0 Å². The number of Topliss-reactive ketones (excluding diaryl/α,β-unsaturated/α-hetero) is 1. The molecule has 1 atom stereocenters. The Morgan fingerprint density at radius 1 is 0.955 bits per heavy atom. The number of hydrogen-bond acceptors (Lipinski definition) is 2. The Bertz CT molecular complexity index is 724. The highest BCUT2D eigenvalue weighted by molar-refractivity contribution is 5.82. The molecule has 0 aromatic heterocycles. The molecule has 2 aliphatic rings. The Kier molecular flexibility index (Phi) is 3.12. The zero-order valence-corrected chi connectivity index (χ0v) is 12.4. The Labute approximate surface area is 129 Å². The van der Waals surface area contributed by atoms with Gasteiger partial charge in [0.25, 0.3) is 0 Å². The Morgan fingerprint density at radius 2 is 1.68 bits per heavy atom. The summed E-state index contributed by atoms with van der Waals surface area (Å²) in [5, 5.41) is 0. The standard InChI is InChI=1S/C19H18FNO/c20-16-7-5-15(6-8-16)19-13-17(22)10-12-21(19)11-9-14-3-1-2-4-18(14)19/h1-8H,9-13H2. The van der Waals surface area contributed by atoms with E-state index in [2.05, 4.69) is 23.1 Å². The number of halogens is 1. The molecule has 2 aromatic carbocycles. The van der Waals surface area contributed by atoms with E-state index in [0.717, 1.165) is 25.1 Å². The van der Waals surface area contributed by atoms with Crippen molar-refractivity contribution in [3.05, 3.63) is 71.0 Å². The average molecular weight is 295 g/mol. The van der Waals surface area contributed by atoms with Crippen LogP contribution in [0.1, 0.15) is 29.5 Å². The molecule has 3 heteroatoms. The van der Waals surface area contributed by atoms with Crippen LogP contribution in [0.2, 0.25) is 0 Å². The van der Waals surface area contributed by atoms with Crippen LogP contribution in [-0.4, -0.2) is 23.8 Å². The van der Waals surface area contributed by atoms with E-state index >= 15 is 0 Å². The maximum atomic E-state index is 13.4. The molecule has 0 saturated carbocycles. The number of rotatable bonds is 1. The van der Waals surface area contributed by atoms with Crippen molar-refractivity contribution in [3.8, 4) is 0 Å². The molecule has 2 aliphatic heterocycles. The first kappa shape index (κ1) is 13.6. The first-order valence-electron chi connectivity index (χ1n) is 7.81. The highest BCUT2D eigenvalue weighted by Gasteiger charge is 2.47. The second-order valence-corrected chi connectivity index (χ2v) is 6.23. The molecule has 0 bridgehead atoms. The van der Waals surface area contributed by atoms with Gasteiger partial charge in [-0.25, -0.2) is 4.39 Å². The van der Waals surface area contributed by atoms with E-state index in [9.17, 15) is 9.18 Å². The highest BCUT2D eigenvalue weighted by atomic mass is 19.1. The van der Waals surface area contributed by atoms with Gasteiger partial charge >= 0.3 is 0 Å². The summed E-state index contributed by atoms with van der Waals surface area (Å²) in [5.41, 5.74) is 3.12. The van der Waals surface area contributed by atoms with E-state index in [-0.39, 0.29) is 11.6 Å². The number of carbonyl (C=O) groups is 1. The third kappa shape index (κ3) is 1.92. The van der Waals surface area contributed by atoms with Gasteiger partial charge in [0.05, 0.1) is 5.54 Å². The number of benzene rings is 2. The van der Waals surface area contributed by atoms with Crippen LogP contribution in [0.5, 0.6) is 0 Å². The second kappa shape index (κ2) is 5.03. The minimum absolute atomic E-state index is 0.238. The summed E-state index contributed by atoms with van der Waals surface area (Å²) in [7, 11) is 0. The molecule has 0 N–H and O–H groups in total. The van der Waals surface area contributed by atoms with Crippen LogP contribution in [0.15, 0.2) is 48.5 Å². The van der Waals surface area contributed by atoms with Gasteiger partial charge in [-0.1, -0.05) is 36.4 Å². The number of nitrogens with zero attached hydrogens (tertiary/aromatic N) is 1. The van der Waals surface area contributed by atoms with Crippen molar-refractivity contribution in [2.75, 3.05) is 13.1 Å². The van der Waals surface area contributed by atoms with Gasteiger partial charge in [0, 0.05) is 25.9 Å². The lowest BCUT2D eigenvalue weighted by molar-refractivity contribution is -0.126. The van der Waals surface area contributed by atoms with Crippen molar-refractivity contribution >= 4 is 5.78 Å². The predicted octanol–water partition coefficient (Wildman–Crippen LogP) is 3.29. The SMILES string of the molecule is O=C1CCN2CCc3ccccc3C2(c2ccc(F)cc2)C1. The summed E-state index contributed by atoms with van der Waals surface area (Å²) in [6.45, 7) is 1.73. The van der Waals surface area contributed by atoms with E-state index in [1.165, 1.54) is 23.3 Å². The molecule has 1 saturated heterocycles. The van der Waals surface area contributed by atoms with E-state index in [1.54, 1.807) is 0 Å². The van der Waals surface area contributed by atoms with Gasteiger partial charge in [0.2, 0.25) is 0 Å². The molecule has 0 amide bonds. The lowest BCUT2D eigenvalue weighted by atomic mass is 9.70. The Balaban J connectivity index is 1.96. The fourth-order valence-corrected chi connectivity index (χ4v) is 4.07. The summed E-state index contributed by atoms with van der Waals surface area (Å²) in [5.74, 6) is 0.0511. The molecule has 1 unspecified atom stereocenters. The number of fused-ring (bicyclic) bond motifs is 3. The number of piperidine rings is 1. The van der Waals surface area contributed by atoms with Gasteiger partial charge in [0.15, 0.2) is 0 Å². The molecular weight excluding hydrogens is 277 g/mol. The molecule has 1 fully saturated rings. The van der Waals surface area contributed by atoms with Crippen LogP contribution in [-0.2, 0) is 16.8 Å². The number of hydrogen-bond donors (Lipinski definition) is 0. The topological polar surface area (TPSA) is 20.3 Å². The van der Waals surface area contributed by atoms with Crippen molar-refractivity contribution in [3.63, 3.8) is 0 Å². The Hall–Kier alpha value is -2.00. The Morgan fingerprint density at radius 3 is 2.50 bits per heavy atom. The predicted molar refractivity (Wildman–Crippen MR) is 83.1 cm³/mol. The zero-order chi connectivity index (χ0) is 15.2. The van der Waals surface area contributed by atoms with Crippen molar-refractivity contribution in [2.24, 2.45) is 0 Å². The fraction of sp³-hybridized carbons (Fsp3) is 0.316. The van der Waals surface area contributed by atoms with Crippen LogP contribution in [0.25, 0.3) is 0 Å². The molecule has 2 nitrogen and oxygen atoms in total. The van der Waals surface area contributed by atoms with Crippen molar-refractivity contribution < 1.29 is 9.18 Å². The van der Waals surface area contributed by atoms with Crippen LogP contribution in [0.3, 0.4) is 0 Å². The lowest BCUT2D eigenvalue weighted by Gasteiger charge is -2.51. The molecule has 0 aliphatic carbocycles. The normalized spacial score (nSPS) is 24.7. The van der Waals surface area contributed by atoms with Crippen LogP contribution in [0, 0.1) is 5.82 Å². The molecule has 22 heavy (non-hydrogen) atoms. The maximum Gasteiger partial charge on any atom is 0.136 e. The smallest absolute Gasteiger partial charge is 0.136 e. The summed E-state index contributed by atoms with van der Waals surface area (Å²) in [6.07, 6.45) is 2.11. The van der Waals surface area contributed by atoms with Gasteiger partial charge in [-0.05, 0) is 35.2 Å². The van der Waals surface area contributed by atoms with E-state index in [0.29, 0.717) is 12.8 Å². The molecule has 0 radical (unpaired) electrons. The summed E-state index contributed by atoms with van der Waals surface area (Å²) < 4.78 is 13.4. The van der Waals surface area contributed by atoms with Crippen molar-refractivity contribution in [1.29, 1.82) is 0 Å². The molecule has 112 valence electrons. The van der Waals surface area contributed by atoms with Crippen molar-refractivity contribution in [2.45, 2.75) is 24.8 Å². The van der Waals surface area contributed by atoms with Crippen LogP contribution in [0.4, 0.5) is 4.39 Å². The quantitative estimate of drug-likeness (QED) is 0.804. The van der Waals surface area contributed by atoms with Gasteiger partial charge in [0.1, 0.15) is 11.6 Å². The third-order valence-electron chi connectivity index (χ3n) is 5.09. The minimum atomic E-state index is -0.419. The molecule has 0 spiro atoms. The number of carbonyl (C=O) groups excluding carboxylic acids is 1. The van der Waals surface area contributed by atoms with E-state index in [4.69, 9.17) is 0 Å². The fourth-order valence-electron chi connectivity index (χ4n) is 4.07. The molecule has 4 rings (SSSR count). The summed E-state index contributed by atoms with van der Waals surface area (Å²) in [4.78, 5) is 14.7. The summed E-state index contributed by atoms with van der Waals surface area (Å²) in [6, 6.07) is 15.0. The average Bonchev–Trinajstić information content (AvgIpc) is 2.55. The van der Waals surface area contributed by atoms with E-state index < -0.39 is 5.54 Å². The van der Waals surface area contributed by atoms with Gasteiger partial charge in [-0.3, -0.25) is 9.69 Å². The second-order valence-electron chi connectivity index (χ2n) is 6.23. The monoisotopic (exact) mass is 295 g/mol. The van der Waals surface area contributed by atoms with Gasteiger partial charge in [-0.2, -0.15) is 0 Å². The van der Waals surface area contributed by atoms with Crippen molar-refractivity contribution in [1.82, 2.24) is 4.90 Å². The van der Waals surface area contributed by atoms with Crippen LogP contribution < -0.4 is 0 Å². The lowest BCUT2D eigenvalue weighted by Crippen LogP contribution is -2.56. The molecule has 2 aromatic rings. The first-order valence-corrected chi connectivity index (χ1v) is 7.81. The summed E-state index contributed by atoms with van der Waals surface area (Å²) >= 11 is 0. The maximum absolute atomic E-state index is 13.4.